The predicted molar refractivity (Wildman–Crippen MR) is 72.8 cm³/mol. The summed E-state index contributed by atoms with van der Waals surface area (Å²) in [4.78, 5) is 24.1. The van der Waals surface area contributed by atoms with Crippen molar-refractivity contribution in [3.63, 3.8) is 0 Å². The van der Waals surface area contributed by atoms with Crippen molar-refractivity contribution in [3.8, 4) is 6.07 Å². The molecule has 21 heavy (non-hydrogen) atoms. The van der Waals surface area contributed by atoms with Crippen molar-refractivity contribution < 1.29 is 19.4 Å². The second kappa shape index (κ2) is 6.72. The van der Waals surface area contributed by atoms with Gasteiger partial charge >= 0.3 is 6.09 Å². The smallest absolute Gasteiger partial charge is 0.407 e. The van der Waals surface area contributed by atoms with Crippen LogP contribution in [0.1, 0.15) is 15.9 Å². The first-order valence-electron chi connectivity index (χ1n) is 6.48. The Hall–Kier alpha value is -2.59. The van der Waals surface area contributed by atoms with Gasteiger partial charge in [-0.25, -0.2) is 4.79 Å². The number of morpholine rings is 1. The highest BCUT2D eigenvalue weighted by molar-refractivity contribution is 5.94. The molecule has 1 aliphatic rings. The normalized spacial score (nSPS) is 17.9. The first kappa shape index (κ1) is 14.8. The molecule has 2 amide bonds. The van der Waals surface area contributed by atoms with Crippen LogP contribution in [0.4, 0.5) is 4.79 Å². The molecule has 7 heteroatoms. The number of nitrogens with one attached hydrogen (secondary N) is 1. The van der Waals surface area contributed by atoms with Gasteiger partial charge in [-0.05, 0) is 24.3 Å². The summed E-state index contributed by atoms with van der Waals surface area (Å²) in [5.41, 5.74) is 0.930. The maximum Gasteiger partial charge on any atom is 0.407 e. The molecule has 1 aromatic rings. The summed E-state index contributed by atoms with van der Waals surface area (Å²) in [6.07, 6.45) is -1.33. The number of hydrogen-bond acceptors (Lipinski definition) is 4. The Kier molecular flexibility index (Phi) is 4.74. The Morgan fingerprint density at radius 1 is 1.43 bits per heavy atom. The largest absolute Gasteiger partial charge is 0.465 e. The number of hydrogen-bond donors (Lipinski definition) is 2. The molecule has 7 nitrogen and oxygen atoms in total. The molecule has 0 saturated carbocycles. The molecular formula is C14H15N3O4. The lowest BCUT2D eigenvalue weighted by molar-refractivity contribution is -0.0199. The van der Waals surface area contributed by atoms with Gasteiger partial charge < -0.3 is 20.1 Å². The second-order valence-corrected chi connectivity index (χ2v) is 4.62. The summed E-state index contributed by atoms with van der Waals surface area (Å²) in [6, 6.07) is 8.25. The molecule has 1 heterocycles. The van der Waals surface area contributed by atoms with Gasteiger partial charge in [0.05, 0.1) is 30.9 Å². The van der Waals surface area contributed by atoms with Gasteiger partial charge in [-0.2, -0.15) is 5.26 Å². The summed E-state index contributed by atoms with van der Waals surface area (Å²) in [5, 5.41) is 20.3. The summed E-state index contributed by atoms with van der Waals surface area (Å²) in [6.45, 7) is 1.14. The van der Waals surface area contributed by atoms with Crippen LogP contribution in [0.3, 0.4) is 0 Å². The molecule has 1 aliphatic heterocycles. The minimum absolute atomic E-state index is 0.239. The molecule has 0 spiro atoms. The lowest BCUT2D eigenvalue weighted by Gasteiger charge is -2.31. The first-order chi connectivity index (χ1) is 10.1. The van der Waals surface area contributed by atoms with Gasteiger partial charge in [0.1, 0.15) is 0 Å². The average Bonchev–Trinajstić information content (AvgIpc) is 2.53. The van der Waals surface area contributed by atoms with Gasteiger partial charge in [0.2, 0.25) is 0 Å². The van der Waals surface area contributed by atoms with Gasteiger partial charge in [-0.1, -0.05) is 0 Å². The Morgan fingerprint density at radius 2 is 2.14 bits per heavy atom. The Bertz CT molecular complexity index is 565. The lowest BCUT2D eigenvalue weighted by atomic mass is 10.1. The van der Waals surface area contributed by atoms with Crippen LogP contribution in [0.25, 0.3) is 0 Å². The van der Waals surface area contributed by atoms with E-state index in [1.54, 1.807) is 24.3 Å². The SMILES string of the molecule is N#Cc1ccc(C(=O)NCC2CN(C(=O)O)CCO2)cc1. The Labute approximate surface area is 121 Å². The number of amides is 2. The number of carboxylic acid groups (broad SMARTS) is 1. The molecule has 1 atom stereocenters. The number of ether oxygens (including phenoxy) is 1. The zero-order chi connectivity index (χ0) is 15.2. The molecule has 110 valence electrons. The molecule has 2 rings (SSSR count). The Morgan fingerprint density at radius 3 is 2.76 bits per heavy atom. The molecular weight excluding hydrogens is 274 g/mol. The molecule has 0 radical (unpaired) electrons. The van der Waals surface area contributed by atoms with Crippen molar-refractivity contribution in [2.24, 2.45) is 0 Å². The summed E-state index contributed by atoms with van der Waals surface area (Å²) in [7, 11) is 0. The van der Waals surface area contributed by atoms with E-state index in [0.29, 0.717) is 24.3 Å². The van der Waals surface area contributed by atoms with E-state index >= 15 is 0 Å². The zero-order valence-corrected chi connectivity index (χ0v) is 11.3. The van der Waals surface area contributed by atoms with Crippen LogP contribution in [0, 0.1) is 11.3 Å². The van der Waals surface area contributed by atoms with E-state index in [1.807, 2.05) is 6.07 Å². The van der Waals surface area contributed by atoms with Gasteiger partial charge in [-0.15, -0.1) is 0 Å². The van der Waals surface area contributed by atoms with E-state index in [9.17, 15) is 9.59 Å². The number of benzene rings is 1. The van der Waals surface area contributed by atoms with Gasteiger partial charge in [-0.3, -0.25) is 4.79 Å². The van der Waals surface area contributed by atoms with E-state index in [2.05, 4.69) is 5.32 Å². The van der Waals surface area contributed by atoms with Crippen molar-refractivity contribution in [1.82, 2.24) is 10.2 Å². The van der Waals surface area contributed by atoms with E-state index < -0.39 is 6.09 Å². The summed E-state index contributed by atoms with van der Waals surface area (Å²) >= 11 is 0. The van der Waals surface area contributed by atoms with Crippen LogP contribution in [-0.4, -0.2) is 54.4 Å². The first-order valence-corrected chi connectivity index (χ1v) is 6.48. The van der Waals surface area contributed by atoms with Crippen molar-refractivity contribution >= 4 is 12.0 Å². The molecule has 0 aromatic heterocycles. The minimum Gasteiger partial charge on any atom is -0.465 e. The van der Waals surface area contributed by atoms with Crippen LogP contribution in [0.2, 0.25) is 0 Å². The average molecular weight is 289 g/mol. The highest BCUT2D eigenvalue weighted by atomic mass is 16.5. The second-order valence-electron chi connectivity index (χ2n) is 4.62. The number of rotatable bonds is 3. The van der Waals surface area contributed by atoms with Crippen LogP contribution >= 0.6 is 0 Å². The van der Waals surface area contributed by atoms with Crippen molar-refractivity contribution in [3.05, 3.63) is 35.4 Å². The standard InChI is InChI=1S/C14H15N3O4/c15-7-10-1-3-11(4-2-10)13(18)16-8-12-9-17(14(19)20)5-6-21-12/h1-4,12H,5-6,8-9H2,(H,16,18)(H,19,20). The van der Waals surface area contributed by atoms with E-state index in [4.69, 9.17) is 15.1 Å². The quantitative estimate of drug-likeness (QED) is 0.851. The molecule has 1 saturated heterocycles. The van der Waals surface area contributed by atoms with Crippen LogP contribution in [0.5, 0.6) is 0 Å². The molecule has 0 bridgehead atoms. The Balaban J connectivity index is 1.85. The summed E-state index contributed by atoms with van der Waals surface area (Å²) < 4.78 is 5.42. The lowest BCUT2D eigenvalue weighted by Crippen LogP contribution is -2.49. The van der Waals surface area contributed by atoms with Gasteiger partial charge in [0.15, 0.2) is 0 Å². The fourth-order valence-electron chi connectivity index (χ4n) is 2.02. The highest BCUT2D eigenvalue weighted by Crippen LogP contribution is 2.06. The van der Waals surface area contributed by atoms with Crippen molar-refractivity contribution in [2.75, 3.05) is 26.2 Å². The molecule has 1 unspecified atom stereocenters. The minimum atomic E-state index is -0.985. The molecule has 0 aliphatic carbocycles. The zero-order valence-electron chi connectivity index (χ0n) is 11.3. The fraction of sp³-hybridized carbons (Fsp3) is 0.357. The maximum atomic E-state index is 11.9. The third kappa shape index (κ3) is 3.94. The van der Waals surface area contributed by atoms with Gasteiger partial charge in [0.25, 0.3) is 5.91 Å². The van der Waals surface area contributed by atoms with Crippen molar-refractivity contribution in [1.29, 1.82) is 5.26 Å². The van der Waals surface area contributed by atoms with Crippen LogP contribution in [-0.2, 0) is 4.74 Å². The number of nitrogens with zero attached hydrogens (tertiary/aromatic N) is 2. The molecule has 2 N–H and O–H groups in total. The van der Waals surface area contributed by atoms with Crippen LogP contribution in [0.15, 0.2) is 24.3 Å². The van der Waals surface area contributed by atoms with Gasteiger partial charge in [0, 0.05) is 18.7 Å². The highest BCUT2D eigenvalue weighted by Gasteiger charge is 2.24. The molecule has 1 fully saturated rings. The van der Waals surface area contributed by atoms with E-state index in [1.165, 1.54) is 4.90 Å². The van der Waals surface area contributed by atoms with E-state index in [0.717, 1.165) is 0 Å². The summed E-state index contributed by atoms with van der Waals surface area (Å²) in [5.74, 6) is -0.282. The number of carbonyl (C=O) groups is 2. The van der Waals surface area contributed by atoms with Crippen molar-refractivity contribution in [2.45, 2.75) is 6.10 Å². The topological polar surface area (TPSA) is 103 Å². The number of carbonyl (C=O) groups excluding carboxylic acids is 1. The third-order valence-electron chi connectivity index (χ3n) is 3.18. The third-order valence-corrected chi connectivity index (χ3v) is 3.18. The van der Waals surface area contributed by atoms with E-state index in [-0.39, 0.29) is 25.1 Å². The predicted octanol–water partition coefficient (Wildman–Crippen LogP) is 0.667. The van der Waals surface area contributed by atoms with Crippen LogP contribution < -0.4 is 5.32 Å². The fourth-order valence-corrected chi connectivity index (χ4v) is 2.02. The maximum absolute atomic E-state index is 11.9. The monoisotopic (exact) mass is 289 g/mol. The number of nitriles is 1. The molecule has 1 aromatic carbocycles.